The first-order valence-electron chi connectivity index (χ1n) is 4.72. The number of aryl methyl sites for hydroxylation is 1. The molecule has 72 valence electrons. The Bertz CT molecular complexity index is 391. The molecule has 1 aliphatic heterocycles. The molecule has 2 rings (SSSR count). The Morgan fingerprint density at radius 2 is 2.29 bits per heavy atom. The molecule has 14 heavy (non-hydrogen) atoms. The number of hydrogen-bond donors (Lipinski definition) is 0. The van der Waals surface area contributed by atoms with Crippen LogP contribution >= 0.6 is 0 Å². The first kappa shape index (κ1) is 9.00. The highest BCUT2D eigenvalue weighted by atomic mass is 16.5. The molecular formula is C12H12O2. The summed E-state index contributed by atoms with van der Waals surface area (Å²) in [6, 6.07) is 7.56. The number of carbonyl (C=O) groups is 1. The number of hydrogen-bond acceptors (Lipinski definition) is 2. The zero-order valence-electron chi connectivity index (χ0n) is 8.12. The summed E-state index contributed by atoms with van der Waals surface area (Å²) in [6.45, 7) is 2.60. The van der Waals surface area contributed by atoms with Crippen LogP contribution in [0.2, 0.25) is 0 Å². The summed E-state index contributed by atoms with van der Waals surface area (Å²) in [5, 5.41) is 0. The molecule has 0 fully saturated rings. The van der Waals surface area contributed by atoms with Gasteiger partial charge in [-0.15, -0.1) is 0 Å². The van der Waals surface area contributed by atoms with Gasteiger partial charge in [0.15, 0.2) is 5.76 Å². The zero-order chi connectivity index (χ0) is 9.97. The largest absolute Gasteiger partial charge is 0.489 e. The average molecular weight is 188 g/mol. The van der Waals surface area contributed by atoms with Crippen molar-refractivity contribution < 1.29 is 9.53 Å². The van der Waals surface area contributed by atoms with Gasteiger partial charge in [-0.25, -0.2) is 0 Å². The summed E-state index contributed by atoms with van der Waals surface area (Å²) in [6.07, 6.45) is 2.69. The van der Waals surface area contributed by atoms with Crippen LogP contribution in [0.25, 0.3) is 0 Å². The van der Waals surface area contributed by atoms with Gasteiger partial charge in [-0.3, -0.25) is 4.79 Å². The first-order chi connectivity index (χ1) is 6.77. The highest BCUT2D eigenvalue weighted by Gasteiger charge is 2.16. The van der Waals surface area contributed by atoms with Gasteiger partial charge in [0.25, 0.3) is 0 Å². The molecule has 2 nitrogen and oxygen atoms in total. The highest BCUT2D eigenvalue weighted by molar-refractivity contribution is 6.07. The Hall–Kier alpha value is -1.57. The van der Waals surface area contributed by atoms with Crippen molar-refractivity contribution in [3.63, 3.8) is 0 Å². The highest BCUT2D eigenvalue weighted by Crippen LogP contribution is 2.16. The number of allylic oxidation sites excluding steroid dienone is 1. The van der Waals surface area contributed by atoms with Crippen molar-refractivity contribution in [2.45, 2.75) is 13.3 Å². The third kappa shape index (κ3) is 1.69. The van der Waals surface area contributed by atoms with E-state index in [1.54, 1.807) is 0 Å². The molecule has 0 aromatic heterocycles. The zero-order valence-corrected chi connectivity index (χ0v) is 8.12. The minimum absolute atomic E-state index is 0.00815. The van der Waals surface area contributed by atoms with E-state index in [1.807, 2.05) is 37.3 Å². The molecule has 0 saturated carbocycles. The molecule has 1 aromatic rings. The van der Waals surface area contributed by atoms with Gasteiger partial charge in [-0.05, 0) is 19.1 Å². The van der Waals surface area contributed by atoms with Gasteiger partial charge in [0.1, 0.15) is 0 Å². The van der Waals surface area contributed by atoms with Crippen LogP contribution < -0.4 is 0 Å². The molecule has 1 aromatic carbocycles. The van der Waals surface area contributed by atoms with Crippen LogP contribution in [0.3, 0.4) is 0 Å². The Labute approximate surface area is 83.2 Å². The first-order valence-corrected chi connectivity index (χ1v) is 4.72. The standard InChI is InChI=1S/C12H12O2/c1-9-4-2-5-10(8-9)12(13)11-6-3-7-14-11/h2,4-6,8H,3,7H2,1H3. The van der Waals surface area contributed by atoms with E-state index in [9.17, 15) is 4.79 Å². The lowest BCUT2D eigenvalue weighted by atomic mass is 10.1. The van der Waals surface area contributed by atoms with Crippen molar-refractivity contribution in [1.29, 1.82) is 0 Å². The second-order valence-corrected chi connectivity index (χ2v) is 3.40. The monoisotopic (exact) mass is 188 g/mol. The molecule has 0 unspecified atom stereocenters. The van der Waals surface area contributed by atoms with Crippen molar-refractivity contribution in [3.8, 4) is 0 Å². The van der Waals surface area contributed by atoms with E-state index in [0.717, 1.165) is 12.0 Å². The number of benzene rings is 1. The summed E-state index contributed by atoms with van der Waals surface area (Å²) in [4.78, 5) is 11.8. The van der Waals surface area contributed by atoms with E-state index in [1.165, 1.54) is 0 Å². The van der Waals surface area contributed by atoms with E-state index in [4.69, 9.17) is 4.74 Å². The molecule has 0 saturated heterocycles. The summed E-state index contributed by atoms with van der Waals surface area (Å²) in [5.74, 6) is 0.488. The Balaban J connectivity index is 2.27. The van der Waals surface area contributed by atoms with Gasteiger partial charge >= 0.3 is 0 Å². The third-order valence-corrected chi connectivity index (χ3v) is 2.21. The summed E-state index contributed by atoms with van der Waals surface area (Å²) < 4.78 is 5.22. The minimum atomic E-state index is -0.00815. The lowest BCUT2D eigenvalue weighted by Crippen LogP contribution is -2.03. The molecule has 0 radical (unpaired) electrons. The third-order valence-electron chi connectivity index (χ3n) is 2.21. The molecule has 1 aliphatic rings. The van der Waals surface area contributed by atoms with E-state index in [0.29, 0.717) is 17.9 Å². The number of ketones is 1. The summed E-state index contributed by atoms with van der Waals surface area (Å²) in [5.41, 5.74) is 1.80. The molecule has 0 bridgehead atoms. The molecule has 1 heterocycles. The van der Waals surface area contributed by atoms with Crippen molar-refractivity contribution >= 4 is 5.78 Å². The topological polar surface area (TPSA) is 26.3 Å². The van der Waals surface area contributed by atoms with Crippen LogP contribution in [0, 0.1) is 6.92 Å². The fourth-order valence-electron chi connectivity index (χ4n) is 1.50. The van der Waals surface area contributed by atoms with Crippen LogP contribution in [-0.4, -0.2) is 12.4 Å². The Morgan fingerprint density at radius 1 is 1.43 bits per heavy atom. The van der Waals surface area contributed by atoms with E-state index < -0.39 is 0 Å². The quantitative estimate of drug-likeness (QED) is 0.666. The molecule has 0 spiro atoms. The molecule has 0 atom stereocenters. The van der Waals surface area contributed by atoms with Crippen molar-refractivity contribution in [1.82, 2.24) is 0 Å². The lowest BCUT2D eigenvalue weighted by molar-refractivity contribution is 0.0942. The number of Topliss-reactive ketones (excluding diaryl/α,β-unsaturated/α-hetero) is 1. The van der Waals surface area contributed by atoms with Crippen LogP contribution in [0.1, 0.15) is 22.3 Å². The number of ether oxygens (including phenoxy) is 1. The van der Waals surface area contributed by atoms with E-state index in [-0.39, 0.29) is 5.78 Å². The van der Waals surface area contributed by atoms with Crippen LogP contribution in [0.5, 0.6) is 0 Å². The van der Waals surface area contributed by atoms with Gasteiger partial charge in [-0.1, -0.05) is 23.8 Å². The normalized spacial score (nSPS) is 14.8. The second-order valence-electron chi connectivity index (χ2n) is 3.40. The average Bonchev–Trinajstić information content (AvgIpc) is 2.69. The molecule has 0 aliphatic carbocycles. The fourth-order valence-corrected chi connectivity index (χ4v) is 1.50. The predicted octanol–water partition coefficient (Wildman–Crippen LogP) is 2.48. The Morgan fingerprint density at radius 3 is 2.93 bits per heavy atom. The van der Waals surface area contributed by atoms with Crippen molar-refractivity contribution in [2.24, 2.45) is 0 Å². The molecule has 0 N–H and O–H groups in total. The fraction of sp³-hybridized carbons (Fsp3) is 0.250. The molecule has 2 heteroatoms. The van der Waals surface area contributed by atoms with Crippen LogP contribution in [0.4, 0.5) is 0 Å². The lowest BCUT2D eigenvalue weighted by Gasteiger charge is -2.03. The van der Waals surface area contributed by atoms with Gasteiger partial charge < -0.3 is 4.74 Å². The Kier molecular flexibility index (Phi) is 2.35. The van der Waals surface area contributed by atoms with Gasteiger partial charge in [0.2, 0.25) is 5.78 Å². The van der Waals surface area contributed by atoms with E-state index >= 15 is 0 Å². The predicted molar refractivity (Wildman–Crippen MR) is 54.2 cm³/mol. The van der Waals surface area contributed by atoms with E-state index in [2.05, 4.69) is 0 Å². The van der Waals surface area contributed by atoms with Crippen LogP contribution in [0.15, 0.2) is 36.1 Å². The summed E-state index contributed by atoms with van der Waals surface area (Å²) >= 11 is 0. The van der Waals surface area contributed by atoms with Crippen molar-refractivity contribution in [2.75, 3.05) is 6.61 Å². The smallest absolute Gasteiger partial charge is 0.227 e. The summed E-state index contributed by atoms with van der Waals surface area (Å²) in [7, 11) is 0. The maximum absolute atomic E-state index is 11.8. The molecule has 0 amide bonds. The minimum Gasteiger partial charge on any atom is -0.489 e. The SMILES string of the molecule is Cc1cccc(C(=O)C2=CCCO2)c1. The second kappa shape index (κ2) is 3.66. The molecular weight excluding hydrogens is 176 g/mol. The van der Waals surface area contributed by atoms with Gasteiger partial charge in [0, 0.05) is 12.0 Å². The maximum Gasteiger partial charge on any atom is 0.227 e. The van der Waals surface area contributed by atoms with Crippen LogP contribution in [-0.2, 0) is 4.74 Å². The number of carbonyl (C=O) groups excluding carboxylic acids is 1. The van der Waals surface area contributed by atoms with Crippen molar-refractivity contribution in [3.05, 3.63) is 47.2 Å². The van der Waals surface area contributed by atoms with Gasteiger partial charge in [0.05, 0.1) is 6.61 Å². The maximum atomic E-state index is 11.8. The number of rotatable bonds is 2. The van der Waals surface area contributed by atoms with Gasteiger partial charge in [-0.2, -0.15) is 0 Å².